The largest absolute Gasteiger partial charge is 0.480 e. The molecule has 1 heterocycles. The number of carbonyl (C=O) groups excluding carboxylic acids is 4. The third-order valence-electron chi connectivity index (χ3n) is 5.81. The summed E-state index contributed by atoms with van der Waals surface area (Å²) in [5, 5.41) is 15.0. The first-order chi connectivity index (χ1) is 19.3. The highest BCUT2D eigenvalue weighted by molar-refractivity contribution is 5.99. The lowest BCUT2D eigenvalue weighted by Crippen LogP contribution is -2.48. The van der Waals surface area contributed by atoms with Gasteiger partial charge < -0.3 is 34.5 Å². The summed E-state index contributed by atoms with van der Waals surface area (Å²) in [7, 11) is 1.17. The van der Waals surface area contributed by atoms with E-state index >= 15 is 0 Å². The maximum atomic E-state index is 12.9. The number of nitrogens with one attached hydrogen (secondary N) is 2. The van der Waals surface area contributed by atoms with Crippen molar-refractivity contribution in [3.63, 3.8) is 0 Å². The van der Waals surface area contributed by atoms with E-state index < -0.39 is 49.0 Å². The molecule has 3 N–H and O–H groups in total. The van der Waals surface area contributed by atoms with E-state index in [1.165, 1.54) is 13.2 Å². The fourth-order valence-corrected chi connectivity index (χ4v) is 3.85. The molecular weight excluding hydrogens is 522 g/mol. The zero-order valence-electron chi connectivity index (χ0n) is 22.0. The lowest BCUT2D eigenvalue weighted by Gasteiger charge is -2.21. The Kier molecular flexibility index (Phi) is 11.1. The number of methoxy groups -OCH3 is 1. The van der Waals surface area contributed by atoms with Crippen molar-refractivity contribution in [3.8, 4) is 0 Å². The average Bonchev–Trinajstić information content (AvgIpc) is 3.39. The van der Waals surface area contributed by atoms with Crippen LogP contribution in [0.2, 0.25) is 0 Å². The molecule has 212 valence electrons. The van der Waals surface area contributed by atoms with Crippen LogP contribution in [0.25, 0.3) is 11.0 Å². The van der Waals surface area contributed by atoms with E-state index in [1.807, 2.05) is 30.3 Å². The molecule has 1 atom stereocenters. The van der Waals surface area contributed by atoms with Gasteiger partial charge in [-0.2, -0.15) is 0 Å². The summed E-state index contributed by atoms with van der Waals surface area (Å²) in [4.78, 5) is 62.0. The second-order valence-corrected chi connectivity index (χ2v) is 8.83. The zero-order valence-corrected chi connectivity index (χ0v) is 22.0. The van der Waals surface area contributed by atoms with Gasteiger partial charge in [0.05, 0.1) is 7.11 Å². The molecule has 0 aliphatic heterocycles. The van der Waals surface area contributed by atoms with Crippen LogP contribution in [0.4, 0.5) is 4.79 Å². The molecule has 3 rings (SSSR count). The number of unbranched alkanes of at least 4 members (excludes halogenated alkanes) is 1. The number of amides is 3. The zero-order chi connectivity index (χ0) is 28.9. The summed E-state index contributed by atoms with van der Waals surface area (Å²) in [5.41, 5.74) is 1.30. The third-order valence-corrected chi connectivity index (χ3v) is 5.81. The van der Waals surface area contributed by atoms with Crippen LogP contribution >= 0.6 is 0 Å². The molecule has 0 saturated carbocycles. The van der Waals surface area contributed by atoms with Gasteiger partial charge >= 0.3 is 18.0 Å². The number of carboxylic acid groups (broad SMARTS) is 1. The lowest BCUT2D eigenvalue weighted by molar-refractivity contribution is -0.145. The molecule has 0 unspecified atom stereocenters. The first kappa shape index (κ1) is 29.7. The number of alkyl carbamates (subject to hydrolysis) is 1. The molecule has 12 heteroatoms. The number of carbonyl (C=O) groups is 5. The second kappa shape index (κ2) is 14.9. The number of esters is 1. The number of benzene rings is 2. The number of fused-ring (bicyclic) bond motifs is 1. The number of rotatable bonds is 14. The van der Waals surface area contributed by atoms with Gasteiger partial charge in [0.1, 0.15) is 31.3 Å². The molecule has 3 aromatic rings. The van der Waals surface area contributed by atoms with Crippen molar-refractivity contribution in [1.29, 1.82) is 0 Å². The van der Waals surface area contributed by atoms with Crippen LogP contribution in [-0.4, -0.2) is 72.6 Å². The fraction of sp³-hybridized carbons (Fsp3) is 0.321. The highest BCUT2D eigenvalue weighted by atomic mass is 16.5. The third kappa shape index (κ3) is 9.15. The van der Waals surface area contributed by atoms with Gasteiger partial charge in [0.25, 0.3) is 5.91 Å². The van der Waals surface area contributed by atoms with Crippen LogP contribution in [0.3, 0.4) is 0 Å². The average molecular weight is 554 g/mol. The van der Waals surface area contributed by atoms with Gasteiger partial charge in [0.2, 0.25) is 5.91 Å². The molecule has 0 aliphatic rings. The number of carboxylic acids is 1. The number of nitrogens with zero attached hydrogens (tertiary/aromatic N) is 1. The molecule has 0 spiro atoms. The van der Waals surface area contributed by atoms with Crippen molar-refractivity contribution >= 4 is 40.8 Å². The first-order valence-electron chi connectivity index (χ1n) is 12.6. The molecule has 0 aliphatic carbocycles. The van der Waals surface area contributed by atoms with Gasteiger partial charge in [0, 0.05) is 11.9 Å². The maximum Gasteiger partial charge on any atom is 0.407 e. The van der Waals surface area contributed by atoms with Crippen LogP contribution < -0.4 is 10.6 Å². The lowest BCUT2D eigenvalue weighted by atomic mass is 10.1. The highest BCUT2D eigenvalue weighted by Crippen LogP contribution is 2.20. The minimum absolute atomic E-state index is 0.116. The van der Waals surface area contributed by atoms with Crippen LogP contribution in [0.15, 0.2) is 65.1 Å². The smallest absolute Gasteiger partial charge is 0.407 e. The van der Waals surface area contributed by atoms with Gasteiger partial charge in [-0.05, 0) is 37.0 Å². The van der Waals surface area contributed by atoms with Crippen molar-refractivity contribution in [1.82, 2.24) is 15.5 Å². The molecule has 12 nitrogen and oxygen atoms in total. The van der Waals surface area contributed by atoms with E-state index in [0.717, 1.165) is 10.5 Å². The van der Waals surface area contributed by atoms with Crippen molar-refractivity contribution in [2.24, 2.45) is 0 Å². The van der Waals surface area contributed by atoms with Crippen molar-refractivity contribution in [2.45, 2.75) is 31.9 Å². The van der Waals surface area contributed by atoms with Crippen LogP contribution in [-0.2, 0) is 30.5 Å². The fourth-order valence-electron chi connectivity index (χ4n) is 3.85. The quantitative estimate of drug-likeness (QED) is 0.201. The molecule has 40 heavy (non-hydrogen) atoms. The van der Waals surface area contributed by atoms with E-state index in [-0.39, 0.29) is 25.3 Å². The first-order valence-corrected chi connectivity index (χ1v) is 12.6. The normalized spacial score (nSPS) is 11.3. The topological polar surface area (TPSA) is 164 Å². The Labute approximate surface area is 230 Å². The predicted molar refractivity (Wildman–Crippen MR) is 142 cm³/mol. The number of para-hydroxylation sites is 1. The molecule has 3 amide bonds. The Morgan fingerprint density at radius 1 is 0.975 bits per heavy atom. The maximum absolute atomic E-state index is 12.9. The van der Waals surface area contributed by atoms with Crippen LogP contribution in [0.1, 0.15) is 35.4 Å². The second-order valence-electron chi connectivity index (χ2n) is 8.83. The Morgan fingerprint density at radius 2 is 1.70 bits per heavy atom. The van der Waals surface area contributed by atoms with E-state index in [9.17, 15) is 29.1 Å². The summed E-state index contributed by atoms with van der Waals surface area (Å²) >= 11 is 0. The molecule has 1 aromatic heterocycles. The summed E-state index contributed by atoms with van der Waals surface area (Å²) in [6, 6.07) is 16.5. The molecule has 0 saturated heterocycles. The Morgan fingerprint density at radius 3 is 2.40 bits per heavy atom. The number of furan rings is 1. The van der Waals surface area contributed by atoms with E-state index in [4.69, 9.17) is 13.9 Å². The molecule has 2 aromatic carbocycles. The SMILES string of the molecule is COC(=O)[C@H](CCCCNC(=O)OCc1ccccc1)NC(=O)CN(CC(=O)O)C(=O)c1cc2ccccc2o1. The van der Waals surface area contributed by atoms with Crippen molar-refractivity contribution in [3.05, 3.63) is 72.0 Å². The van der Waals surface area contributed by atoms with E-state index in [0.29, 0.717) is 23.8 Å². The molecule has 0 bridgehead atoms. The van der Waals surface area contributed by atoms with Gasteiger partial charge in [-0.1, -0.05) is 48.5 Å². The Hall–Kier alpha value is -4.87. The Bertz CT molecular complexity index is 1290. The number of ether oxygens (including phenoxy) is 2. The van der Waals surface area contributed by atoms with E-state index in [2.05, 4.69) is 10.6 Å². The standard InChI is InChI=1S/C28H31N3O9/c1-38-27(36)21(12-7-8-14-29-28(37)39-18-19-9-3-2-4-10-19)30-24(32)16-31(17-25(33)34)26(35)23-15-20-11-5-6-13-22(20)40-23/h2-6,9-11,13,15,21H,7-8,12,14,16-18H2,1H3,(H,29,37)(H,30,32)(H,33,34)/t21-/m0/s1. The van der Waals surface area contributed by atoms with E-state index in [1.54, 1.807) is 24.3 Å². The van der Waals surface area contributed by atoms with Crippen molar-refractivity contribution < 1.29 is 43.0 Å². The number of aliphatic carboxylic acids is 1. The van der Waals surface area contributed by atoms with Gasteiger partial charge in [-0.25, -0.2) is 9.59 Å². The Balaban J connectivity index is 1.48. The minimum Gasteiger partial charge on any atom is -0.480 e. The molecular formula is C28H31N3O9. The van der Waals surface area contributed by atoms with Crippen LogP contribution in [0, 0.1) is 0 Å². The molecule has 0 fully saturated rings. The number of hydrogen-bond acceptors (Lipinski definition) is 8. The minimum atomic E-state index is -1.32. The van der Waals surface area contributed by atoms with Crippen molar-refractivity contribution in [2.75, 3.05) is 26.7 Å². The summed E-state index contributed by atoms with van der Waals surface area (Å²) in [6.45, 7) is -0.947. The predicted octanol–water partition coefficient (Wildman–Crippen LogP) is 2.71. The summed E-state index contributed by atoms with van der Waals surface area (Å²) < 4.78 is 15.4. The van der Waals surface area contributed by atoms with Gasteiger partial charge in [0.15, 0.2) is 5.76 Å². The van der Waals surface area contributed by atoms with Crippen LogP contribution in [0.5, 0.6) is 0 Å². The summed E-state index contributed by atoms with van der Waals surface area (Å²) in [6.07, 6.45) is 0.541. The monoisotopic (exact) mass is 553 g/mol. The highest BCUT2D eigenvalue weighted by Gasteiger charge is 2.27. The number of hydrogen-bond donors (Lipinski definition) is 3. The molecule has 0 radical (unpaired) electrons. The summed E-state index contributed by atoms with van der Waals surface area (Å²) in [5.74, 6) is -3.67. The van der Waals surface area contributed by atoms with Gasteiger partial charge in [-0.15, -0.1) is 0 Å². The van der Waals surface area contributed by atoms with Gasteiger partial charge in [-0.3, -0.25) is 14.4 Å².